The molecule has 0 spiro atoms. The Morgan fingerprint density at radius 1 is 1.54 bits per heavy atom. The molecule has 0 bridgehead atoms. The van der Waals surface area contributed by atoms with Gasteiger partial charge < -0.3 is 10.3 Å². The molecule has 5 nitrogen and oxygen atoms in total. The molecule has 0 atom stereocenters. The van der Waals surface area contributed by atoms with Crippen LogP contribution >= 0.6 is 0 Å². The van der Waals surface area contributed by atoms with Gasteiger partial charge in [-0.2, -0.15) is 0 Å². The minimum atomic E-state index is -3.06. The van der Waals surface area contributed by atoms with Gasteiger partial charge in [-0.25, -0.2) is 13.4 Å². The fraction of sp³-hybridized carbons (Fsp3) is 0.571. The Bertz CT molecular complexity index is 419. The van der Waals surface area contributed by atoms with Gasteiger partial charge >= 0.3 is 0 Å². The number of anilines is 1. The van der Waals surface area contributed by atoms with Gasteiger partial charge in [0.05, 0.1) is 11.4 Å². The van der Waals surface area contributed by atoms with E-state index in [1.165, 1.54) is 0 Å². The fourth-order valence-corrected chi connectivity index (χ4v) is 1.76. The average Bonchev–Trinajstić information content (AvgIpc) is 2.15. The lowest BCUT2D eigenvalue weighted by Crippen LogP contribution is -2.05. The van der Waals surface area contributed by atoms with E-state index in [2.05, 4.69) is 4.98 Å². The van der Waals surface area contributed by atoms with Crippen LogP contribution in [0.4, 0.5) is 5.82 Å². The van der Waals surface area contributed by atoms with E-state index in [0.29, 0.717) is 11.5 Å². The topological polar surface area (TPSA) is 78.0 Å². The van der Waals surface area contributed by atoms with Crippen LogP contribution in [0.2, 0.25) is 0 Å². The first-order valence-electron chi connectivity index (χ1n) is 3.76. The van der Waals surface area contributed by atoms with Crippen molar-refractivity contribution in [3.8, 4) is 0 Å². The lowest BCUT2D eigenvalue weighted by Gasteiger charge is -1.98. The van der Waals surface area contributed by atoms with Gasteiger partial charge in [-0.15, -0.1) is 0 Å². The number of nitrogen functional groups attached to an aromatic ring is 1. The van der Waals surface area contributed by atoms with Crippen molar-refractivity contribution in [1.82, 2.24) is 9.55 Å². The molecular weight excluding hydrogens is 190 g/mol. The molecule has 0 amide bonds. The first kappa shape index (κ1) is 10.0. The molecule has 0 saturated heterocycles. The number of aryl methyl sites for hydroxylation is 1. The molecule has 1 aromatic heterocycles. The summed E-state index contributed by atoms with van der Waals surface area (Å²) in [7, 11) is -1.31. The highest BCUT2D eigenvalue weighted by molar-refractivity contribution is 7.89. The second-order valence-electron chi connectivity index (χ2n) is 3.12. The zero-order valence-corrected chi connectivity index (χ0v) is 8.72. The second-order valence-corrected chi connectivity index (χ2v) is 5.26. The minimum absolute atomic E-state index is 0.0967. The van der Waals surface area contributed by atoms with Crippen LogP contribution in [0.1, 0.15) is 11.5 Å². The van der Waals surface area contributed by atoms with E-state index < -0.39 is 9.84 Å². The molecule has 0 saturated carbocycles. The molecule has 1 rings (SSSR count). The van der Waals surface area contributed by atoms with E-state index in [1.807, 2.05) is 0 Å². The van der Waals surface area contributed by atoms with Crippen molar-refractivity contribution in [1.29, 1.82) is 0 Å². The van der Waals surface area contributed by atoms with Crippen LogP contribution in [-0.2, 0) is 22.6 Å². The smallest absolute Gasteiger partial charge is 0.153 e. The third-order valence-corrected chi connectivity index (χ3v) is 2.64. The summed E-state index contributed by atoms with van der Waals surface area (Å²) in [5.41, 5.74) is 6.08. The largest absolute Gasteiger partial charge is 0.384 e. The Morgan fingerprint density at radius 2 is 2.08 bits per heavy atom. The molecular formula is C7H13N3O2S. The van der Waals surface area contributed by atoms with Gasteiger partial charge in [0.25, 0.3) is 0 Å². The van der Waals surface area contributed by atoms with Crippen LogP contribution in [0.5, 0.6) is 0 Å². The molecule has 0 fully saturated rings. The van der Waals surface area contributed by atoms with Gasteiger partial charge in [-0.1, -0.05) is 0 Å². The summed E-state index contributed by atoms with van der Waals surface area (Å²) < 4.78 is 23.6. The van der Waals surface area contributed by atoms with Gasteiger partial charge in [0.1, 0.15) is 11.6 Å². The molecule has 0 aliphatic rings. The maximum atomic E-state index is 11.0. The molecule has 74 valence electrons. The van der Waals surface area contributed by atoms with E-state index in [4.69, 9.17) is 5.73 Å². The molecule has 0 radical (unpaired) electrons. The van der Waals surface area contributed by atoms with Crippen molar-refractivity contribution in [2.75, 3.05) is 12.0 Å². The van der Waals surface area contributed by atoms with Crippen LogP contribution in [0.15, 0.2) is 0 Å². The van der Waals surface area contributed by atoms with E-state index in [9.17, 15) is 8.42 Å². The van der Waals surface area contributed by atoms with Crippen molar-refractivity contribution in [3.05, 3.63) is 11.5 Å². The highest BCUT2D eigenvalue weighted by atomic mass is 32.2. The lowest BCUT2D eigenvalue weighted by molar-refractivity contribution is 0.600. The number of hydrogen-bond acceptors (Lipinski definition) is 4. The number of nitrogens with two attached hydrogens (primary N) is 1. The number of aromatic nitrogens is 2. The van der Waals surface area contributed by atoms with Crippen molar-refractivity contribution in [2.45, 2.75) is 12.7 Å². The van der Waals surface area contributed by atoms with Gasteiger partial charge in [-0.3, -0.25) is 0 Å². The fourth-order valence-electron chi connectivity index (χ4n) is 1.05. The van der Waals surface area contributed by atoms with Gasteiger partial charge in [0.2, 0.25) is 0 Å². The highest BCUT2D eigenvalue weighted by Crippen LogP contribution is 2.14. The summed E-state index contributed by atoms with van der Waals surface area (Å²) in [4.78, 5) is 4.05. The molecule has 0 aromatic carbocycles. The molecule has 0 unspecified atom stereocenters. The Balaban J connectivity index is 3.11. The zero-order chi connectivity index (χ0) is 10.2. The minimum Gasteiger partial charge on any atom is -0.384 e. The van der Waals surface area contributed by atoms with Crippen LogP contribution in [0.3, 0.4) is 0 Å². The number of sulfone groups is 1. The summed E-state index contributed by atoms with van der Waals surface area (Å²) in [6.07, 6.45) is 1.16. The zero-order valence-electron chi connectivity index (χ0n) is 7.90. The molecule has 2 N–H and O–H groups in total. The van der Waals surface area contributed by atoms with Gasteiger partial charge in [0.15, 0.2) is 9.84 Å². The Morgan fingerprint density at radius 3 is 2.38 bits per heavy atom. The lowest BCUT2D eigenvalue weighted by atomic mass is 10.5. The van der Waals surface area contributed by atoms with E-state index in [1.54, 1.807) is 18.5 Å². The predicted octanol–water partition coefficient (Wildman–Crippen LogP) is -0.145. The summed E-state index contributed by atoms with van der Waals surface area (Å²) in [5, 5.41) is 0. The first-order chi connectivity index (χ1) is 5.81. The molecule has 0 aliphatic carbocycles. The third kappa shape index (κ3) is 2.21. The standard InChI is InChI=1S/C7H13N3O2S/c1-5-9-6(4-13(3,11)12)7(8)10(5)2/h4,8H2,1-3H3. The molecule has 0 aliphatic heterocycles. The Hall–Kier alpha value is -1.04. The second kappa shape index (κ2) is 3.02. The number of imidazole rings is 1. The number of rotatable bonds is 2. The van der Waals surface area contributed by atoms with Crippen molar-refractivity contribution in [2.24, 2.45) is 7.05 Å². The maximum absolute atomic E-state index is 11.0. The normalized spacial score (nSPS) is 11.9. The molecule has 1 heterocycles. The van der Waals surface area contributed by atoms with Crippen LogP contribution < -0.4 is 5.73 Å². The van der Waals surface area contributed by atoms with Gasteiger partial charge in [-0.05, 0) is 6.92 Å². The quantitative estimate of drug-likeness (QED) is 0.725. The summed E-state index contributed by atoms with van der Waals surface area (Å²) in [6, 6.07) is 0. The molecule has 6 heteroatoms. The van der Waals surface area contributed by atoms with Crippen molar-refractivity contribution in [3.63, 3.8) is 0 Å². The summed E-state index contributed by atoms with van der Waals surface area (Å²) >= 11 is 0. The highest BCUT2D eigenvalue weighted by Gasteiger charge is 2.13. The van der Waals surface area contributed by atoms with Crippen LogP contribution in [0, 0.1) is 6.92 Å². The van der Waals surface area contributed by atoms with Gasteiger partial charge in [0, 0.05) is 13.3 Å². The van der Waals surface area contributed by atoms with E-state index in [-0.39, 0.29) is 5.75 Å². The maximum Gasteiger partial charge on any atom is 0.153 e. The van der Waals surface area contributed by atoms with Crippen LogP contribution in [-0.4, -0.2) is 24.2 Å². The Labute approximate surface area is 77.5 Å². The van der Waals surface area contributed by atoms with E-state index in [0.717, 1.165) is 12.1 Å². The predicted molar refractivity (Wildman–Crippen MR) is 50.9 cm³/mol. The van der Waals surface area contributed by atoms with Crippen molar-refractivity contribution >= 4 is 15.7 Å². The molecule has 1 aromatic rings. The summed E-state index contributed by atoms with van der Waals surface area (Å²) in [5.74, 6) is 1.04. The Kier molecular flexibility index (Phi) is 2.34. The summed E-state index contributed by atoms with van der Waals surface area (Å²) in [6.45, 7) is 1.78. The number of nitrogens with zero attached hydrogens (tertiary/aromatic N) is 2. The monoisotopic (exact) mass is 203 g/mol. The average molecular weight is 203 g/mol. The van der Waals surface area contributed by atoms with E-state index >= 15 is 0 Å². The number of hydrogen-bond donors (Lipinski definition) is 1. The SMILES string of the molecule is Cc1nc(CS(C)(=O)=O)c(N)n1C. The first-order valence-corrected chi connectivity index (χ1v) is 5.82. The third-order valence-electron chi connectivity index (χ3n) is 1.84. The van der Waals surface area contributed by atoms with Crippen molar-refractivity contribution < 1.29 is 8.42 Å². The molecule has 13 heavy (non-hydrogen) atoms. The van der Waals surface area contributed by atoms with Crippen LogP contribution in [0.25, 0.3) is 0 Å².